The van der Waals surface area contributed by atoms with E-state index in [4.69, 9.17) is 5.73 Å². The average molecular weight is 229 g/mol. The first kappa shape index (κ1) is 11.7. The highest BCUT2D eigenvalue weighted by atomic mass is 15.3. The predicted octanol–water partition coefficient (Wildman–Crippen LogP) is 3.06. The van der Waals surface area contributed by atoms with Gasteiger partial charge in [-0.15, -0.1) is 0 Å². The van der Waals surface area contributed by atoms with E-state index in [-0.39, 0.29) is 5.41 Å². The standard InChI is InChI=1S/C14H19N3/c1-10-5-7-11(8-6-10)17-9-12(15)13(16-17)14(2,3)4/h5-9H,15H2,1-4H3. The van der Waals surface area contributed by atoms with Crippen molar-refractivity contribution >= 4 is 5.69 Å². The van der Waals surface area contributed by atoms with Gasteiger partial charge in [-0.25, -0.2) is 4.68 Å². The maximum atomic E-state index is 6.01. The van der Waals surface area contributed by atoms with Gasteiger partial charge in [0.2, 0.25) is 0 Å². The molecular formula is C14H19N3. The molecule has 1 aromatic heterocycles. The van der Waals surface area contributed by atoms with Gasteiger partial charge in [0.25, 0.3) is 0 Å². The first-order valence-electron chi connectivity index (χ1n) is 5.80. The summed E-state index contributed by atoms with van der Waals surface area (Å²) in [7, 11) is 0. The molecule has 2 aromatic rings. The van der Waals surface area contributed by atoms with Crippen molar-refractivity contribution < 1.29 is 0 Å². The Balaban J connectivity index is 2.45. The topological polar surface area (TPSA) is 43.8 Å². The summed E-state index contributed by atoms with van der Waals surface area (Å²) in [4.78, 5) is 0. The van der Waals surface area contributed by atoms with Crippen molar-refractivity contribution in [3.05, 3.63) is 41.7 Å². The summed E-state index contributed by atoms with van der Waals surface area (Å²) in [6.45, 7) is 8.42. The van der Waals surface area contributed by atoms with Crippen LogP contribution in [0.15, 0.2) is 30.5 Å². The van der Waals surface area contributed by atoms with Gasteiger partial charge in [0.15, 0.2) is 0 Å². The Kier molecular flexibility index (Phi) is 2.69. The zero-order chi connectivity index (χ0) is 12.6. The lowest BCUT2D eigenvalue weighted by atomic mass is 9.92. The zero-order valence-electron chi connectivity index (χ0n) is 10.9. The summed E-state index contributed by atoms with van der Waals surface area (Å²) in [5.74, 6) is 0. The smallest absolute Gasteiger partial charge is 0.0911 e. The molecule has 0 fully saturated rings. The molecule has 90 valence electrons. The van der Waals surface area contributed by atoms with Crippen LogP contribution in [0.25, 0.3) is 5.69 Å². The van der Waals surface area contributed by atoms with Crippen LogP contribution in [0.3, 0.4) is 0 Å². The third kappa shape index (κ3) is 2.33. The first-order chi connectivity index (χ1) is 7.88. The van der Waals surface area contributed by atoms with Crippen molar-refractivity contribution in [3.8, 4) is 5.69 Å². The molecule has 0 saturated carbocycles. The van der Waals surface area contributed by atoms with E-state index in [0.29, 0.717) is 0 Å². The molecule has 1 heterocycles. The molecule has 3 heteroatoms. The third-order valence-corrected chi connectivity index (χ3v) is 2.75. The van der Waals surface area contributed by atoms with Crippen LogP contribution in [0, 0.1) is 6.92 Å². The second-order valence-corrected chi connectivity index (χ2v) is 5.46. The van der Waals surface area contributed by atoms with E-state index in [0.717, 1.165) is 17.1 Å². The highest BCUT2D eigenvalue weighted by Gasteiger charge is 2.21. The lowest BCUT2D eigenvalue weighted by Crippen LogP contribution is -2.14. The minimum atomic E-state index is -0.0277. The van der Waals surface area contributed by atoms with Crippen molar-refractivity contribution in [2.45, 2.75) is 33.1 Å². The monoisotopic (exact) mass is 229 g/mol. The molecule has 0 aliphatic rings. The molecule has 0 aliphatic heterocycles. The number of aromatic nitrogens is 2. The molecule has 0 radical (unpaired) electrons. The lowest BCUT2D eigenvalue weighted by molar-refractivity contribution is 0.562. The molecular weight excluding hydrogens is 210 g/mol. The van der Waals surface area contributed by atoms with Crippen LogP contribution >= 0.6 is 0 Å². The van der Waals surface area contributed by atoms with Gasteiger partial charge in [-0.1, -0.05) is 38.5 Å². The zero-order valence-corrected chi connectivity index (χ0v) is 10.9. The molecule has 17 heavy (non-hydrogen) atoms. The fourth-order valence-corrected chi connectivity index (χ4v) is 1.80. The fraction of sp³-hybridized carbons (Fsp3) is 0.357. The minimum absolute atomic E-state index is 0.0277. The highest BCUT2D eigenvalue weighted by molar-refractivity contribution is 5.47. The van der Waals surface area contributed by atoms with Crippen LogP contribution < -0.4 is 5.73 Å². The van der Waals surface area contributed by atoms with Crippen LogP contribution in [0.4, 0.5) is 5.69 Å². The Morgan fingerprint density at radius 2 is 1.71 bits per heavy atom. The highest BCUT2D eigenvalue weighted by Crippen LogP contribution is 2.26. The molecule has 2 N–H and O–H groups in total. The molecule has 0 saturated heterocycles. The van der Waals surface area contributed by atoms with Gasteiger partial charge in [0.05, 0.1) is 23.3 Å². The molecule has 0 unspecified atom stereocenters. The van der Waals surface area contributed by atoms with Gasteiger partial charge in [-0.2, -0.15) is 5.10 Å². The van der Waals surface area contributed by atoms with Crippen molar-refractivity contribution in [3.63, 3.8) is 0 Å². The van der Waals surface area contributed by atoms with E-state index in [2.05, 4.69) is 44.9 Å². The van der Waals surface area contributed by atoms with Crippen molar-refractivity contribution in [1.29, 1.82) is 0 Å². The fourth-order valence-electron chi connectivity index (χ4n) is 1.80. The van der Waals surface area contributed by atoms with Gasteiger partial charge in [0.1, 0.15) is 0 Å². The largest absolute Gasteiger partial charge is 0.396 e. The normalized spacial score (nSPS) is 11.8. The first-order valence-corrected chi connectivity index (χ1v) is 5.80. The van der Waals surface area contributed by atoms with Gasteiger partial charge < -0.3 is 5.73 Å². The third-order valence-electron chi connectivity index (χ3n) is 2.75. The molecule has 0 spiro atoms. The summed E-state index contributed by atoms with van der Waals surface area (Å²) in [6.07, 6.45) is 1.88. The van der Waals surface area contributed by atoms with Gasteiger partial charge in [-0.05, 0) is 19.1 Å². The molecule has 0 aliphatic carbocycles. The van der Waals surface area contributed by atoms with Crippen molar-refractivity contribution in [2.75, 3.05) is 5.73 Å². The lowest BCUT2D eigenvalue weighted by Gasteiger charge is -2.15. The van der Waals surface area contributed by atoms with Gasteiger partial charge >= 0.3 is 0 Å². The number of hydrogen-bond donors (Lipinski definition) is 1. The van der Waals surface area contributed by atoms with Crippen molar-refractivity contribution in [2.24, 2.45) is 0 Å². The molecule has 1 aromatic carbocycles. The predicted molar refractivity (Wildman–Crippen MR) is 71.4 cm³/mol. The van der Waals surface area contributed by atoms with Crippen LogP contribution in [0.1, 0.15) is 32.0 Å². The van der Waals surface area contributed by atoms with Gasteiger partial charge in [0, 0.05) is 5.41 Å². The maximum Gasteiger partial charge on any atom is 0.0911 e. The van der Waals surface area contributed by atoms with E-state index in [1.807, 2.05) is 23.0 Å². The van der Waals surface area contributed by atoms with Crippen LogP contribution in [-0.2, 0) is 5.41 Å². The van der Waals surface area contributed by atoms with Crippen LogP contribution in [-0.4, -0.2) is 9.78 Å². The number of anilines is 1. The Morgan fingerprint density at radius 3 is 2.18 bits per heavy atom. The second-order valence-electron chi connectivity index (χ2n) is 5.46. The van der Waals surface area contributed by atoms with E-state index in [1.165, 1.54) is 5.56 Å². The number of benzene rings is 1. The van der Waals surface area contributed by atoms with Gasteiger partial charge in [-0.3, -0.25) is 0 Å². The maximum absolute atomic E-state index is 6.01. The van der Waals surface area contributed by atoms with E-state index < -0.39 is 0 Å². The summed E-state index contributed by atoms with van der Waals surface area (Å²) >= 11 is 0. The number of nitrogens with zero attached hydrogens (tertiary/aromatic N) is 2. The quantitative estimate of drug-likeness (QED) is 0.816. The number of hydrogen-bond acceptors (Lipinski definition) is 2. The number of rotatable bonds is 1. The van der Waals surface area contributed by atoms with Crippen LogP contribution in [0.5, 0.6) is 0 Å². The van der Waals surface area contributed by atoms with Crippen molar-refractivity contribution in [1.82, 2.24) is 9.78 Å². The Bertz CT molecular complexity index is 515. The molecule has 0 amide bonds. The number of aryl methyl sites for hydroxylation is 1. The molecule has 2 rings (SSSR count). The summed E-state index contributed by atoms with van der Waals surface area (Å²) in [6, 6.07) is 8.25. The Labute approximate surface area is 102 Å². The van der Waals surface area contributed by atoms with E-state index >= 15 is 0 Å². The minimum Gasteiger partial charge on any atom is -0.396 e. The molecule has 3 nitrogen and oxygen atoms in total. The summed E-state index contributed by atoms with van der Waals surface area (Å²) in [5, 5.41) is 4.57. The second kappa shape index (κ2) is 3.91. The molecule has 0 bridgehead atoms. The number of nitrogen functional groups attached to an aromatic ring is 1. The Morgan fingerprint density at radius 1 is 1.12 bits per heavy atom. The SMILES string of the molecule is Cc1ccc(-n2cc(N)c(C(C)(C)C)n2)cc1. The molecule has 0 atom stereocenters. The van der Waals surface area contributed by atoms with E-state index in [9.17, 15) is 0 Å². The van der Waals surface area contributed by atoms with E-state index in [1.54, 1.807) is 0 Å². The number of nitrogens with two attached hydrogens (primary N) is 1. The summed E-state index contributed by atoms with van der Waals surface area (Å²) in [5.41, 5.74) is 9.95. The van der Waals surface area contributed by atoms with Crippen LogP contribution in [0.2, 0.25) is 0 Å². The average Bonchev–Trinajstić information content (AvgIpc) is 2.61. The Hall–Kier alpha value is -1.77. The summed E-state index contributed by atoms with van der Waals surface area (Å²) < 4.78 is 1.84.